The van der Waals surface area contributed by atoms with Gasteiger partial charge in [0.05, 0.1) is 25.4 Å². The average molecular weight is 1210 g/mol. The number of unbranched alkanes of at least 4 members (excludes halogenated alkanes) is 46. The number of ether oxygens (including phenoxy) is 2. The van der Waals surface area contributed by atoms with E-state index in [1.165, 1.54) is 270 Å². The lowest BCUT2D eigenvalue weighted by Gasteiger charge is -2.40. The summed E-state index contributed by atoms with van der Waals surface area (Å²) in [7, 11) is 0. The normalized spacial score (nSPS) is 18.3. The molecule has 0 aromatic heterocycles. The van der Waals surface area contributed by atoms with Gasteiger partial charge in [0.2, 0.25) is 5.91 Å². The Balaban J connectivity index is 2.06. The molecule has 1 heterocycles. The van der Waals surface area contributed by atoms with Gasteiger partial charge in [-0.05, 0) is 57.8 Å². The Labute approximate surface area is 532 Å². The van der Waals surface area contributed by atoms with Crippen molar-refractivity contribution in [3.05, 3.63) is 60.8 Å². The highest BCUT2D eigenvalue weighted by Crippen LogP contribution is 2.24. The van der Waals surface area contributed by atoms with Gasteiger partial charge in [-0.25, -0.2) is 0 Å². The van der Waals surface area contributed by atoms with Crippen molar-refractivity contribution < 1.29 is 39.8 Å². The van der Waals surface area contributed by atoms with E-state index in [1.807, 2.05) is 0 Å². The van der Waals surface area contributed by atoms with Gasteiger partial charge in [-0.3, -0.25) is 4.79 Å². The molecule has 1 saturated heterocycles. The number of nitrogens with one attached hydrogen (secondary N) is 1. The van der Waals surface area contributed by atoms with Crippen molar-refractivity contribution in [2.24, 2.45) is 0 Å². The van der Waals surface area contributed by atoms with Crippen LogP contribution in [0.1, 0.15) is 367 Å². The van der Waals surface area contributed by atoms with E-state index >= 15 is 0 Å². The highest BCUT2D eigenvalue weighted by Gasteiger charge is 2.44. The first-order chi connectivity index (χ1) is 42.3. The zero-order valence-electron chi connectivity index (χ0n) is 56.6. The number of hydrogen-bond acceptors (Lipinski definition) is 8. The molecule has 0 aromatic rings. The van der Waals surface area contributed by atoms with Crippen LogP contribution in [0.2, 0.25) is 0 Å². The Bertz CT molecular complexity index is 1540. The maximum Gasteiger partial charge on any atom is 0.220 e. The van der Waals surface area contributed by atoms with Gasteiger partial charge >= 0.3 is 0 Å². The van der Waals surface area contributed by atoms with Crippen LogP contribution in [0, 0.1) is 0 Å². The van der Waals surface area contributed by atoms with Gasteiger partial charge in [-0.15, -0.1) is 0 Å². The topological polar surface area (TPSA) is 149 Å². The molecule has 0 aromatic carbocycles. The number of carbonyl (C=O) groups is 1. The van der Waals surface area contributed by atoms with Gasteiger partial charge in [0.25, 0.3) is 0 Å². The van der Waals surface area contributed by atoms with Gasteiger partial charge in [0, 0.05) is 6.42 Å². The lowest BCUT2D eigenvalue weighted by atomic mass is 9.99. The molecular weight excluding hydrogens is 1070 g/mol. The summed E-state index contributed by atoms with van der Waals surface area (Å²) in [5, 5.41) is 55.0. The molecule has 0 aliphatic carbocycles. The molecule has 1 rings (SSSR count). The van der Waals surface area contributed by atoms with E-state index in [9.17, 15) is 30.3 Å². The van der Waals surface area contributed by atoms with E-state index in [-0.39, 0.29) is 12.5 Å². The molecule has 504 valence electrons. The molecular formula is C77H143NO8. The number of aliphatic hydroxyl groups excluding tert-OH is 5. The third kappa shape index (κ3) is 53.7. The van der Waals surface area contributed by atoms with Crippen molar-refractivity contribution in [3.63, 3.8) is 0 Å². The van der Waals surface area contributed by atoms with Crippen LogP contribution >= 0.6 is 0 Å². The molecule has 1 aliphatic rings. The third-order valence-electron chi connectivity index (χ3n) is 17.9. The zero-order chi connectivity index (χ0) is 62.1. The predicted octanol–water partition coefficient (Wildman–Crippen LogP) is 20.9. The Kier molecular flexibility index (Phi) is 62.7. The molecule has 86 heavy (non-hydrogen) atoms. The Morgan fingerprint density at radius 1 is 0.407 bits per heavy atom. The molecule has 0 radical (unpaired) electrons. The van der Waals surface area contributed by atoms with E-state index in [0.29, 0.717) is 12.8 Å². The summed E-state index contributed by atoms with van der Waals surface area (Å²) < 4.78 is 11.4. The van der Waals surface area contributed by atoms with Crippen LogP contribution in [-0.4, -0.2) is 87.5 Å². The summed E-state index contributed by atoms with van der Waals surface area (Å²) in [6.45, 7) is 3.78. The Hall–Kier alpha value is -2.11. The number of carbonyl (C=O) groups excluding carboxylic acids is 1. The number of aliphatic hydroxyl groups is 5. The van der Waals surface area contributed by atoms with Gasteiger partial charge in [0.15, 0.2) is 6.29 Å². The highest BCUT2D eigenvalue weighted by atomic mass is 16.7. The lowest BCUT2D eigenvalue weighted by Crippen LogP contribution is -2.60. The largest absolute Gasteiger partial charge is 0.394 e. The molecule has 1 amide bonds. The maximum absolute atomic E-state index is 13.2. The van der Waals surface area contributed by atoms with Crippen molar-refractivity contribution in [3.8, 4) is 0 Å². The first-order valence-electron chi connectivity index (χ1n) is 37.5. The lowest BCUT2D eigenvalue weighted by molar-refractivity contribution is -0.302. The highest BCUT2D eigenvalue weighted by molar-refractivity contribution is 5.76. The summed E-state index contributed by atoms with van der Waals surface area (Å²) in [5.74, 6) is -0.137. The second kappa shape index (κ2) is 65.8. The molecule has 9 heteroatoms. The predicted molar refractivity (Wildman–Crippen MR) is 369 cm³/mol. The molecule has 1 aliphatic heterocycles. The molecule has 9 nitrogen and oxygen atoms in total. The van der Waals surface area contributed by atoms with Crippen molar-refractivity contribution in [2.75, 3.05) is 13.2 Å². The Morgan fingerprint density at radius 2 is 0.721 bits per heavy atom. The van der Waals surface area contributed by atoms with E-state index in [1.54, 1.807) is 0 Å². The minimum Gasteiger partial charge on any atom is -0.394 e. The molecule has 6 N–H and O–H groups in total. The van der Waals surface area contributed by atoms with Crippen LogP contribution in [0.25, 0.3) is 0 Å². The number of allylic oxidation sites excluding steroid dienone is 10. The average Bonchev–Trinajstić information content (AvgIpc) is 2.44. The van der Waals surface area contributed by atoms with Crippen LogP contribution in [0.4, 0.5) is 0 Å². The van der Waals surface area contributed by atoms with Crippen molar-refractivity contribution in [1.82, 2.24) is 5.32 Å². The Morgan fingerprint density at radius 3 is 1.07 bits per heavy atom. The zero-order valence-corrected chi connectivity index (χ0v) is 56.6. The van der Waals surface area contributed by atoms with E-state index in [0.717, 1.165) is 70.6 Å². The van der Waals surface area contributed by atoms with Gasteiger partial charge in [-0.2, -0.15) is 0 Å². The summed E-state index contributed by atoms with van der Waals surface area (Å²) in [6.07, 6.45) is 84.5. The first kappa shape index (κ1) is 81.9. The van der Waals surface area contributed by atoms with Crippen LogP contribution in [0.3, 0.4) is 0 Å². The summed E-state index contributed by atoms with van der Waals surface area (Å²) in [5.41, 5.74) is 0. The minimum absolute atomic E-state index is 0.135. The van der Waals surface area contributed by atoms with Crippen LogP contribution in [-0.2, 0) is 14.3 Å². The number of amides is 1. The van der Waals surface area contributed by atoms with Gasteiger partial charge in [0.1, 0.15) is 24.4 Å². The number of hydrogen-bond donors (Lipinski definition) is 6. The molecule has 0 saturated carbocycles. The molecule has 7 atom stereocenters. The van der Waals surface area contributed by atoms with Gasteiger partial charge < -0.3 is 40.3 Å². The maximum atomic E-state index is 13.2. The van der Waals surface area contributed by atoms with Crippen LogP contribution < -0.4 is 5.32 Å². The van der Waals surface area contributed by atoms with Crippen LogP contribution in [0.5, 0.6) is 0 Å². The van der Waals surface area contributed by atoms with Gasteiger partial charge in [-0.1, -0.05) is 364 Å². The summed E-state index contributed by atoms with van der Waals surface area (Å²) in [6, 6.07) is -0.720. The van der Waals surface area contributed by atoms with Crippen LogP contribution in [0.15, 0.2) is 60.8 Å². The fourth-order valence-corrected chi connectivity index (χ4v) is 12.1. The van der Waals surface area contributed by atoms with Crippen molar-refractivity contribution >= 4 is 5.91 Å². The second-order valence-corrected chi connectivity index (χ2v) is 26.1. The first-order valence-corrected chi connectivity index (χ1v) is 37.5. The second-order valence-electron chi connectivity index (χ2n) is 26.1. The quantitative estimate of drug-likeness (QED) is 0.0261. The molecule has 0 spiro atoms. The smallest absolute Gasteiger partial charge is 0.220 e. The molecule has 7 unspecified atom stereocenters. The standard InChI is InChI=1S/C77H143NO8/c1-3-5-7-9-11-13-15-17-19-21-23-25-27-29-31-32-33-34-35-36-37-38-39-40-41-43-45-47-49-51-53-55-57-59-61-63-65-67-73(81)78-70(69-85-77-76(84)75(83)74(82)72(68-79)86-77)71(80)66-64-62-60-58-56-54-52-50-48-46-44-42-30-28-26-24-22-20-18-16-14-12-10-8-6-4-2/h5,7,11,13,17,19,23,25,29,31,70-72,74-77,79-80,82-84H,3-4,6,8-10,12,14-16,18,20-22,24,26-28,30,32-69H2,1-2H3,(H,78,81)/b7-5-,13-11-,19-17-,25-23-,31-29-. The summed E-state index contributed by atoms with van der Waals surface area (Å²) in [4.78, 5) is 13.2. The molecule has 0 bridgehead atoms. The van der Waals surface area contributed by atoms with E-state index < -0.39 is 49.5 Å². The fourth-order valence-electron chi connectivity index (χ4n) is 12.1. The van der Waals surface area contributed by atoms with Crippen molar-refractivity contribution in [1.29, 1.82) is 0 Å². The third-order valence-corrected chi connectivity index (χ3v) is 17.9. The minimum atomic E-state index is -1.55. The van der Waals surface area contributed by atoms with E-state index in [2.05, 4.69) is 79.9 Å². The van der Waals surface area contributed by atoms with Crippen molar-refractivity contribution in [2.45, 2.75) is 410 Å². The number of rotatable bonds is 66. The summed E-state index contributed by atoms with van der Waals surface area (Å²) >= 11 is 0. The fraction of sp³-hybridized carbons (Fsp3) is 0.857. The molecule has 1 fully saturated rings. The monoisotopic (exact) mass is 1210 g/mol. The SMILES string of the molecule is CC/C=C\C/C=C\C/C=C\C/C=C\C/C=C\CCCCCCCCCCCCCCCCCCCCCCCC(=O)NC(COC1OC(CO)C(O)C(O)C1O)C(O)CCCCCCCCCCCCCCCCCCCCCCCCCCCC. The van der Waals surface area contributed by atoms with E-state index in [4.69, 9.17) is 9.47 Å².